The van der Waals surface area contributed by atoms with Crippen LogP contribution in [0.15, 0.2) is 30.3 Å². The minimum Gasteiger partial charge on any atom is -0.500 e. The van der Waals surface area contributed by atoms with Gasteiger partial charge >= 0.3 is 5.69 Å². The molecular formula is C18H16ClNO7. The molecule has 8 nitrogen and oxygen atoms in total. The summed E-state index contributed by atoms with van der Waals surface area (Å²) in [6, 6.07) is 5.38. The summed E-state index contributed by atoms with van der Waals surface area (Å²) in [5.41, 5.74) is -0.0467. The molecule has 0 heterocycles. The minimum atomic E-state index is -0.747. The Kier molecular flexibility index (Phi) is 6.25. The summed E-state index contributed by atoms with van der Waals surface area (Å²) in [6.07, 6.45) is 2.56. The Morgan fingerprint density at radius 2 is 1.70 bits per heavy atom. The Morgan fingerprint density at radius 3 is 2.26 bits per heavy atom. The number of methoxy groups -OCH3 is 3. The number of carbonyl (C=O) groups excluding carboxylic acids is 1. The first-order chi connectivity index (χ1) is 12.8. The standard InChI is InChI=1S/C18H16ClNO7/c1-25-15-9-16(26-2)12(19)8-11(15)14(21)5-4-10-6-13(20(23)24)18(22)17(7-10)27-3/h4-9,22H,1-3H3/b5-4+. The summed E-state index contributed by atoms with van der Waals surface area (Å²) < 4.78 is 15.2. The Morgan fingerprint density at radius 1 is 1.07 bits per heavy atom. The molecule has 0 aromatic heterocycles. The summed E-state index contributed by atoms with van der Waals surface area (Å²) >= 11 is 6.06. The van der Waals surface area contributed by atoms with Crippen molar-refractivity contribution in [2.24, 2.45) is 0 Å². The molecule has 0 saturated carbocycles. The average molecular weight is 394 g/mol. The van der Waals surface area contributed by atoms with Crippen LogP contribution in [-0.2, 0) is 0 Å². The van der Waals surface area contributed by atoms with E-state index in [2.05, 4.69) is 0 Å². The van der Waals surface area contributed by atoms with Crippen LogP contribution >= 0.6 is 11.6 Å². The van der Waals surface area contributed by atoms with Gasteiger partial charge in [0, 0.05) is 12.1 Å². The molecule has 1 N–H and O–H groups in total. The van der Waals surface area contributed by atoms with Crippen LogP contribution in [0, 0.1) is 10.1 Å². The summed E-state index contributed by atoms with van der Waals surface area (Å²) in [5, 5.41) is 21.1. The fraction of sp³-hybridized carbons (Fsp3) is 0.167. The molecule has 0 saturated heterocycles. The second kappa shape index (κ2) is 8.41. The van der Waals surface area contributed by atoms with E-state index in [1.54, 1.807) is 0 Å². The molecule has 0 spiro atoms. The maximum Gasteiger partial charge on any atom is 0.315 e. The number of nitro groups is 1. The van der Waals surface area contributed by atoms with Gasteiger partial charge in [-0.2, -0.15) is 0 Å². The lowest BCUT2D eigenvalue weighted by atomic mass is 10.1. The number of hydrogen-bond acceptors (Lipinski definition) is 7. The van der Waals surface area contributed by atoms with E-state index in [1.807, 2.05) is 0 Å². The minimum absolute atomic E-state index is 0.0821. The number of phenolic OH excluding ortho intramolecular Hbond substituents is 1. The maximum atomic E-state index is 12.5. The predicted molar refractivity (Wildman–Crippen MR) is 99.2 cm³/mol. The fourth-order valence-corrected chi connectivity index (χ4v) is 2.56. The molecule has 27 heavy (non-hydrogen) atoms. The van der Waals surface area contributed by atoms with Crippen LogP contribution in [0.1, 0.15) is 15.9 Å². The highest BCUT2D eigenvalue weighted by molar-refractivity contribution is 6.32. The number of aromatic hydroxyl groups is 1. The molecule has 0 unspecified atom stereocenters. The highest BCUT2D eigenvalue weighted by Crippen LogP contribution is 2.37. The number of ketones is 1. The molecule has 0 atom stereocenters. The maximum absolute atomic E-state index is 12.5. The fourth-order valence-electron chi connectivity index (χ4n) is 2.32. The smallest absolute Gasteiger partial charge is 0.315 e. The van der Waals surface area contributed by atoms with Crippen molar-refractivity contribution in [2.45, 2.75) is 0 Å². The highest BCUT2D eigenvalue weighted by atomic mass is 35.5. The zero-order chi connectivity index (χ0) is 20.1. The largest absolute Gasteiger partial charge is 0.500 e. The Labute approximate surface area is 159 Å². The first-order valence-corrected chi connectivity index (χ1v) is 7.89. The van der Waals surface area contributed by atoms with Crippen molar-refractivity contribution in [2.75, 3.05) is 21.3 Å². The molecule has 0 aliphatic heterocycles. The van der Waals surface area contributed by atoms with Gasteiger partial charge in [0.25, 0.3) is 0 Å². The van der Waals surface area contributed by atoms with E-state index < -0.39 is 22.1 Å². The van der Waals surface area contributed by atoms with E-state index in [0.717, 1.165) is 6.07 Å². The van der Waals surface area contributed by atoms with Crippen molar-refractivity contribution in [3.63, 3.8) is 0 Å². The van der Waals surface area contributed by atoms with Gasteiger partial charge in [0.2, 0.25) is 5.75 Å². The Hall–Kier alpha value is -3.26. The molecule has 9 heteroatoms. The lowest BCUT2D eigenvalue weighted by molar-refractivity contribution is -0.386. The van der Waals surface area contributed by atoms with Gasteiger partial charge in [-0.25, -0.2) is 0 Å². The first kappa shape index (κ1) is 20.1. The van der Waals surface area contributed by atoms with Gasteiger partial charge < -0.3 is 19.3 Å². The molecule has 0 radical (unpaired) electrons. The van der Waals surface area contributed by atoms with Crippen molar-refractivity contribution in [3.8, 4) is 23.0 Å². The van der Waals surface area contributed by atoms with Crippen LogP contribution in [0.25, 0.3) is 6.08 Å². The van der Waals surface area contributed by atoms with Crippen LogP contribution in [0.4, 0.5) is 5.69 Å². The molecule has 2 rings (SSSR count). The van der Waals surface area contributed by atoms with Crippen LogP contribution in [-0.4, -0.2) is 37.1 Å². The number of rotatable bonds is 7. The van der Waals surface area contributed by atoms with Crippen LogP contribution in [0.5, 0.6) is 23.0 Å². The summed E-state index contributed by atoms with van der Waals surface area (Å²) in [6.45, 7) is 0. The number of phenols is 1. The molecule has 0 bridgehead atoms. The van der Waals surface area contributed by atoms with Gasteiger partial charge in [-0.15, -0.1) is 0 Å². The van der Waals surface area contributed by atoms with Gasteiger partial charge in [-0.1, -0.05) is 17.7 Å². The second-order valence-corrected chi connectivity index (χ2v) is 5.64. The molecule has 142 valence electrons. The van der Waals surface area contributed by atoms with Gasteiger partial charge in [0.15, 0.2) is 11.5 Å². The molecule has 0 amide bonds. The van der Waals surface area contributed by atoms with Crippen molar-refractivity contribution >= 4 is 29.1 Å². The van der Waals surface area contributed by atoms with Crippen molar-refractivity contribution in [3.05, 3.63) is 56.6 Å². The highest BCUT2D eigenvalue weighted by Gasteiger charge is 2.19. The van der Waals surface area contributed by atoms with Crippen molar-refractivity contribution < 1.29 is 29.0 Å². The molecular weight excluding hydrogens is 378 g/mol. The third-order valence-electron chi connectivity index (χ3n) is 3.66. The Balaban J connectivity index is 2.41. The van der Waals surface area contributed by atoms with Crippen LogP contribution < -0.4 is 14.2 Å². The van der Waals surface area contributed by atoms with Crippen molar-refractivity contribution in [1.29, 1.82) is 0 Å². The number of allylic oxidation sites excluding steroid dienone is 1. The van der Waals surface area contributed by atoms with E-state index in [-0.39, 0.29) is 22.1 Å². The number of ether oxygens (including phenoxy) is 3. The van der Waals surface area contributed by atoms with Crippen LogP contribution in [0.3, 0.4) is 0 Å². The quantitative estimate of drug-likeness (QED) is 0.329. The second-order valence-electron chi connectivity index (χ2n) is 5.23. The molecule has 2 aromatic rings. The molecule has 0 aliphatic carbocycles. The van der Waals surface area contributed by atoms with Gasteiger partial charge in [0.05, 0.1) is 36.8 Å². The Bertz CT molecular complexity index is 924. The number of hydrogen-bond donors (Lipinski definition) is 1. The van der Waals surface area contributed by atoms with E-state index in [9.17, 15) is 20.0 Å². The average Bonchev–Trinajstić information content (AvgIpc) is 2.66. The molecule has 0 aliphatic rings. The van der Waals surface area contributed by atoms with E-state index in [1.165, 1.54) is 51.7 Å². The first-order valence-electron chi connectivity index (χ1n) is 7.51. The predicted octanol–water partition coefficient (Wildman–Crippen LogP) is 3.88. The van der Waals surface area contributed by atoms with Gasteiger partial charge in [0.1, 0.15) is 11.5 Å². The molecule has 0 fully saturated rings. The third kappa shape index (κ3) is 4.29. The lowest BCUT2D eigenvalue weighted by Gasteiger charge is -2.10. The van der Waals surface area contributed by atoms with E-state index in [4.69, 9.17) is 25.8 Å². The van der Waals surface area contributed by atoms with Crippen molar-refractivity contribution in [1.82, 2.24) is 0 Å². The number of nitrogens with zero attached hydrogens (tertiary/aromatic N) is 1. The summed E-state index contributed by atoms with van der Waals surface area (Å²) in [5.74, 6) is -0.491. The normalized spacial score (nSPS) is 10.7. The monoisotopic (exact) mass is 393 g/mol. The number of halogens is 1. The van der Waals surface area contributed by atoms with E-state index in [0.29, 0.717) is 11.3 Å². The zero-order valence-corrected chi connectivity index (χ0v) is 15.4. The number of nitro benzene ring substituents is 1. The SMILES string of the molecule is COc1cc(OC)c(C(=O)/C=C/c2cc(OC)c(O)c([N+](=O)[O-])c2)cc1Cl. The van der Waals surface area contributed by atoms with Gasteiger partial charge in [-0.3, -0.25) is 14.9 Å². The summed E-state index contributed by atoms with van der Waals surface area (Å²) in [7, 11) is 4.10. The lowest BCUT2D eigenvalue weighted by Crippen LogP contribution is -2.00. The zero-order valence-electron chi connectivity index (χ0n) is 14.7. The molecule has 2 aromatic carbocycles. The van der Waals surface area contributed by atoms with E-state index >= 15 is 0 Å². The topological polar surface area (TPSA) is 108 Å². The number of carbonyl (C=O) groups is 1. The summed E-state index contributed by atoms with van der Waals surface area (Å²) in [4.78, 5) is 22.8. The third-order valence-corrected chi connectivity index (χ3v) is 3.96. The van der Waals surface area contributed by atoms with Gasteiger partial charge in [-0.05, 0) is 23.8 Å². The van der Waals surface area contributed by atoms with Crippen LogP contribution in [0.2, 0.25) is 5.02 Å². The number of benzene rings is 2.